The summed E-state index contributed by atoms with van der Waals surface area (Å²) in [6.45, 7) is 0. The molecular weight excluding hydrogens is 345 g/mol. The average molecular weight is 348 g/mol. The number of pyridine rings is 1. The molecule has 0 saturated heterocycles. The summed E-state index contributed by atoms with van der Waals surface area (Å²) in [6.07, 6.45) is 2.72. The Balaban J connectivity index is 0. The van der Waals surface area contributed by atoms with Gasteiger partial charge in [0.1, 0.15) is 5.69 Å². The number of fused-ring (bicyclic) bond motifs is 3. The Morgan fingerprint density at radius 3 is 2.07 bits per heavy atom. The SMILES string of the molecule is O=C([O-])c1cc(C(=O)[O-])c2c(n1)C(=O)C(=O)c1c[c-][nH]c1-2.O=C=O.[Li+].[Li+].[Li+]. The number of nitrogens with one attached hydrogen (secondary N) is 1. The second kappa shape index (κ2) is 10.9. The van der Waals surface area contributed by atoms with Crippen molar-refractivity contribution < 1.29 is 95.6 Å². The molecule has 0 fully saturated rings. The van der Waals surface area contributed by atoms with E-state index in [1.807, 2.05) is 0 Å². The summed E-state index contributed by atoms with van der Waals surface area (Å²) < 4.78 is 0. The number of Topliss-reactive ketones (excluding diaryl/α,β-unsaturated/α-hetero) is 2. The number of carbonyl (C=O) groups excluding carboxylic acids is 6. The molecule has 0 amide bonds. The molecule has 120 valence electrons. The molecule has 0 spiro atoms. The summed E-state index contributed by atoms with van der Waals surface area (Å²) in [4.78, 5) is 68.1. The topological polar surface area (TPSA) is 177 Å². The van der Waals surface area contributed by atoms with Crippen molar-refractivity contribution in [1.29, 1.82) is 0 Å². The summed E-state index contributed by atoms with van der Waals surface area (Å²) in [5, 5.41) is 22.0. The van der Waals surface area contributed by atoms with Gasteiger partial charge in [0.25, 0.3) is 0 Å². The third kappa shape index (κ3) is 4.99. The first kappa shape index (κ1) is 27.1. The Hall–Kier alpha value is -2.12. The van der Waals surface area contributed by atoms with Gasteiger partial charge in [0.15, 0.2) is 5.78 Å². The first-order valence-electron chi connectivity index (χ1n) is 5.98. The first-order chi connectivity index (χ1) is 11.3. The third-order valence-electron chi connectivity index (χ3n) is 3.05. The zero-order valence-corrected chi connectivity index (χ0v) is 14.4. The van der Waals surface area contributed by atoms with Crippen LogP contribution in [-0.4, -0.2) is 39.6 Å². The second-order valence-electron chi connectivity index (χ2n) is 4.30. The van der Waals surface area contributed by atoms with Crippen LogP contribution in [0.15, 0.2) is 12.1 Å². The Morgan fingerprint density at radius 2 is 1.59 bits per heavy atom. The number of hydrogen-bond donors (Lipinski definition) is 1. The van der Waals surface area contributed by atoms with Gasteiger partial charge in [0.05, 0.1) is 17.6 Å². The molecule has 0 saturated carbocycles. The largest absolute Gasteiger partial charge is 1.00 e. The van der Waals surface area contributed by atoms with E-state index in [4.69, 9.17) is 9.59 Å². The maximum Gasteiger partial charge on any atom is 1.00 e. The summed E-state index contributed by atoms with van der Waals surface area (Å²) in [5.41, 5.74) is -2.13. The molecule has 0 unspecified atom stereocenters. The Labute approximate surface area is 186 Å². The van der Waals surface area contributed by atoms with Crippen LogP contribution in [0.25, 0.3) is 11.3 Å². The Kier molecular flexibility index (Phi) is 10.9. The average Bonchev–Trinajstić information content (AvgIpc) is 3.01. The molecule has 1 aliphatic rings. The molecule has 0 atom stereocenters. The molecule has 0 aromatic carbocycles. The van der Waals surface area contributed by atoms with Crippen molar-refractivity contribution in [3.05, 3.63) is 40.8 Å². The van der Waals surface area contributed by atoms with E-state index in [9.17, 15) is 29.4 Å². The van der Waals surface area contributed by atoms with Crippen LogP contribution in [0.2, 0.25) is 0 Å². The number of carboxylic acids is 2. The number of aromatic amines is 1. The Bertz CT molecular complexity index is 948. The van der Waals surface area contributed by atoms with Crippen LogP contribution < -0.4 is 66.8 Å². The molecule has 0 aliphatic heterocycles. The number of nitrogens with zero attached hydrogens (tertiary/aromatic N) is 1. The van der Waals surface area contributed by atoms with E-state index in [1.54, 1.807) is 0 Å². The smallest absolute Gasteiger partial charge is 0.545 e. The molecule has 10 nitrogen and oxygen atoms in total. The van der Waals surface area contributed by atoms with Gasteiger partial charge < -0.3 is 29.6 Å². The van der Waals surface area contributed by atoms with Gasteiger partial charge in [0.2, 0.25) is 5.78 Å². The van der Waals surface area contributed by atoms with Crippen molar-refractivity contribution >= 4 is 29.7 Å². The van der Waals surface area contributed by atoms with Gasteiger partial charge in [-0.1, -0.05) is 5.69 Å². The fourth-order valence-corrected chi connectivity index (χ4v) is 2.15. The number of carboxylic acid groups (broad SMARTS) is 2. The van der Waals surface area contributed by atoms with Crippen LogP contribution in [-0.2, 0) is 9.59 Å². The van der Waals surface area contributed by atoms with Crippen LogP contribution in [0.4, 0.5) is 0 Å². The van der Waals surface area contributed by atoms with E-state index in [0.29, 0.717) is 0 Å². The predicted octanol–water partition coefficient (Wildman–Crippen LogP) is -11.6. The van der Waals surface area contributed by atoms with Gasteiger partial charge in [-0.3, -0.25) is 4.79 Å². The maximum absolute atomic E-state index is 12.0. The van der Waals surface area contributed by atoms with E-state index in [-0.39, 0.29) is 79.6 Å². The summed E-state index contributed by atoms with van der Waals surface area (Å²) in [6, 6.07) is 1.92. The molecule has 27 heavy (non-hydrogen) atoms. The molecule has 2 aromatic rings. The third-order valence-corrected chi connectivity index (χ3v) is 3.05. The van der Waals surface area contributed by atoms with Crippen molar-refractivity contribution in [2.45, 2.75) is 0 Å². The minimum Gasteiger partial charge on any atom is -0.545 e. The van der Waals surface area contributed by atoms with Crippen LogP contribution in [0.5, 0.6) is 0 Å². The minimum atomic E-state index is -1.77. The molecule has 0 bridgehead atoms. The number of aromatic nitrogens is 2. The molecule has 2 aromatic heterocycles. The first-order valence-corrected chi connectivity index (χ1v) is 5.98. The van der Waals surface area contributed by atoms with Crippen LogP contribution >= 0.6 is 0 Å². The Morgan fingerprint density at radius 1 is 1.04 bits per heavy atom. The van der Waals surface area contributed by atoms with Crippen molar-refractivity contribution in [3.63, 3.8) is 0 Å². The zero-order valence-electron chi connectivity index (χ0n) is 14.4. The quantitative estimate of drug-likeness (QED) is 0.313. The molecule has 13 heteroatoms. The van der Waals surface area contributed by atoms with Gasteiger partial charge in [-0.25, -0.2) is 4.98 Å². The summed E-state index contributed by atoms with van der Waals surface area (Å²) in [5.74, 6) is -5.51. The van der Waals surface area contributed by atoms with E-state index in [1.165, 1.54) is 6.07 Å². The molecular formula is C14H3Li3N2O8. The van der Waals surface area contributed by atoms with Crippen molar-refractivity contribution in [2.24, 2.45) is 0 Å². The van der Waals surface area contributed by atoms with Gasteiger partial charge in [-0.15, -0.1) is 11.8 Å². The van der Waals surface area contributed by atoms with E-state index >= 15 is 0 Å². The van der Waals surface area contributed by atoms with Crippen LogP contribution in [0.3, 0.4) is 0 Å². The van der Waals surface area contributed by atoms with E-state index in [2.05, 4.69) is 16.2 Å². The molecule has 0 radical (unpaired) electrons. The normalized spacial score (nSPS) is 10.2. The molecule has 1 N–H and O–H groups in total. The predicted molar refractivity (Wildman–Crippen MR) is 65.2 cm³/mol. The summed E-state index contributed by atoms with van der Waals surface area (Å²) >= 11 is 0. The van der Waals surface area contributed by atoms with Gasteiger partial charge in [0, 0.05) is 0 Å². The molecule has 2 heterocycles. The molecule has 3 rings (SSSR count). The maximum atomic E-state index is 12.0. The van der Waals surface area contributed by atoms with Crippen LogP contribution in [0, 0.1) is 6.20 Å². The standard InChI is InChI=1S/C13H5N2O6.CO2.3Li/c16-10-4-1-2-14-8(4)7-5(12(18)19)3-6(13(20)21)15-9(7)11(10)17;2-1-3;;;/h1,3,14H,(H,18,19)(H,20,21);;;;/q-1;;3*+1/p-2. The number of aromatic carboxylic acids is 2. The van der Waals surface area contributed by atoms with Gasteiger partial charge in [-0.2, -0.15) is 15.7 Å². The van der Waals surface area contributed by atoms with Crippen molar-refractivity contribution in [3.8, 4) is 11.3 Å². The molecule has 1 aliphatic carbocycles. The number of rotatable bonds is 2. The van der Waals surface area contributed by atoms with Gasteiger partial charge in [-0.05, 0) is 17.2 Å². The van der Waals surface area contributed by atoms with Gasteiger partial charge >= 0.3 is 62.7 Å². The van der Waals surface area contributed by atoms with Crippen LogP contribution in [0.1, 0.15) is 41.7 Å². The second-order valence-corrected chi connectivity index (χ2v) is 4.30. The number of hydrogen-bond acceptors (Lipinski definition) is 9. The van der Waals surface area contributed by atoms with E-state index < -0.39 is 40.5 Å². The minimum absolute atomic E-state index is 0. The van der Waals surface area contributed by atoms with Crippen molar-refractivity contribution in [1.82, 2.24) is 9.97 Å². The number of H-pyrrole nitrogens is 1. The fourth-order valence-electron chi connectivity index (χ4n) is 2.15. The number of carbonyl (C=O) groups is 4. The number of ketones is 2. The zero-order chi connectivity index (χ0) is 18.0. The fraction of sp³-hybridized carbons (Fsp3) is 0. The summed E-state index contributed by atoms with van der Waals surface area (Å²) in [7, 11) is 0. The van der Waals surface area contributed by atoms with Crippen molar-refractivity contribution in [2.75, 3.05) is 0 Å². The monoisotopic (exact) mass is 348 g/mol. The van der Waals surface area contributed by atoms with E-state index in [0.717, 1.165) is 6.07 Å².